The first-order chi connectivity index (χ1) is 17.3. The molecule has 9 heteroatoms. The third-order valence-electron chi connectivity index (χ3n) is 6.19. The van der Waals surface area contributed by atoms with Gasteiger partial charge in [-0.25, -0.2) is 0 Å². The van der Waals surface area contributed by atoms with Gasteiger partial charge < -0.3 is 15.6 Å². The van der Waals surface area contributed by atoms with Gasteiger partial charge in [0.25, 0.3) is 5.56 Å². The van der Waals surface area contributed by atoms with Crippen molar-refractivity contribution >= 4 is 50.4 Å². The van der Waals surface area contributed by atoms with Crippen LogP contribution in [0.5, 0.6) is 5.88 Å². The highest BCUT2D eigenvalue weighted by Crippen LogP contribution is 2.33. The Bertz CT molecular complexity index is 1540. The number of fused-ring (bicyclic) bond motifs is 1. The zero-order valence-corrected chi connectivity index (χ0v) is 21.3. The fourth-order valence-corrected chi connectivity index (χ4v) is 5.15. The number of aromatic nitrogens is 1. The average Bonchev–Trinajstić information content (AvgIpc) is 2.99. The number of nitrogens with zero attached hydrogens (tertiary/aromatic N) is 2. The number of nitrogens with one attached hydrogen (secondary N) is 1. The number of aliphatic imine (C=N–C) groups is 1. The van der Waals surface area contributed by atoms with Crippen molar-refractivity contribution in [2.75, 3.05) is 5.32 Å². The number of allylic oxidation sites excluding steroid dienone is 4. The topological polar surface area (TPSA) is 104 Å². The summed E-state index contributed by atoms with van der Waals surface area (Å²) in [5.74, 6) is -0.945. The van der Waals surface area contributed by atoms with Gasteiger partial charge in [-0.2, -0.15) is 0 Å². The molecule has 0 spiro atoms. The predicted octanol–water partition coefficient (Wildman–Crippen LogP) is 5.30. The number of hydrogen-bond acceptors (Lipinski definition) is 5. The number of aromatic hydroxyl groups is 1. The molecule has 2 heterocycles. The molecule has 0 fully saturated rings. The summed E-state index contributed by atoms with van der Waals surface area (Å²) in [5, 5.41) is 23.1. The Labute approximate surface area is 220 Å². The van der Waals surface area contributed by atoms with Crippen molar-refractivity contribution in [1.29, 1.82) is 0 Å². The summed E-state index contributed by atoms with van der Waals surface area (Å²) in [5.41, 5.74) is 3.91. The van der Waals surface area contributed by atoms with Crippen molar-refractivity contribution in [2.45, 2.75) is 25.3 Å². The maximum Gasteiger partial charge on any atom is 0.286 e. The van der Waals surface area contributed by atoms with E-state index in [2.05, 4.69) is 33.4 Å². The van der Waals surface area contributed by atoms with Crippen LogP contribution in [0.2, 0.25) is 5.02 Å². The zero-order valence-electron chi connectivity index (χ0n) is 18.9. The van der Waals surface area contributed by atoms with Gasteiger partial charge in [-0.15, -0.1) is 4.73 Å². The summed E-state index contributed by atoms with van der Waals surface area (Å²) < 4.78 is 1.16. The van der Waals surface area contributed by atoms with E-state index in [1.165, 1.54) is 11.6 Å². The van der Waals surface area contributed by atoms with Crippen LogP contribution in [0.15, 0.2) is 81.0 Å². The van der Waals surface area contributed by atoms with Crippen LogP contribution >= 0.6 is 27.5 Å². The Balaban J connectivity index is 1.63. The van der Waals surface area contributed by atoms with Crippen LogP contribution in [-0.2, 0) is 11.2 Å². The van der Waals surface area contributed by atoms with E-state index in [-0.39, 0.29) is 16.2 Å². The second kappa shape index (κ2) is 9.79. The van der Waals surface area contributed by atoms with E-state index in [1.807, 2.05) is 24.3 Å². The summed E-state index contributed by atoms with van der Waals surface area (Å²) >= 11 is 9.82. The van der Waals surface area contributed by atoms with Crippen molar-refractivity contribution < 1.29 is 15.1 Å². The molecule has 0 saturated carbocycles. The van der Waals surface area contributed by atoms with Gasteiger partial charge in [-0.3, -0.25) is 14.6 Å². The number of anilines is 1. The second-order valence-corrected chi connectivity index (χ2v) is 9.94. The summed E-state index contributed by atoms with van der Waals surface area (Å²) in [4.78, 5) is 30.3. The van der Waals surface area contributed by atoms with Crippen LogP contribution in [0.25, 0.3) is 5.57 Å². The van der Waals surface area contributed by atoms with Crippen molar-refractivity contribution in [3.63, 3.8) is 0 Å². The largest absolute Gasteiger partial charge is 0.492 e. The maximum atomic E-state index is 13.3. The first-order valence-electron chi connectivity index (χ1n) is 11.3. The Morgan fingerprint density at radius 3 is 2.69 bits per heavy atom. The van der Waals surface area contributed by atoms with E-state index in [0.29, 0.717) is 28.4 Å². The molecule has 7 nitrogen and oxygen atoms in total. The highest BCUT2D eigenvalue weighted by molar-refractivity contribution is 9.11. The monoisotopic (exact) mass is 565 g/mol. The van der Waals surface area contributed by atoms with E-state index in [1.54, 1.807) is 18.2 Å². The fourth-order valence-electron chi connectivity index (χ4n) is 4.47. The number of rotatable bonds is 4. The lowest BCUT2D eigenvalue weighted by Gasteiger charge is -2.18. The van der Waals surface area contributed by atoms with Gasteiger partial charge in [-0.1, -0.05) is 57.9 Å². The molecule has 0 bridgehead atoms. The van der Waals surface area contributed by atoms with Crippen LogP contribution in [0.3, 0.4) is 0 Å². The van der Waals surface area contributed by atoms with Crippen LogP contribution in [-0.4, -0.2) is 32.7 Å². The highest BCUT2D eigenvalue weighted by atomic mass is 79.9. The summed E-state index contributed by atoms with van der Waals surface area (Å²) in [6, 6.07) is 14.4. The quantitative estimate of drug-likeness (QED) is 0.373. The third-order valence-corrected chi connectivity index (χ3v) is 6.97. The zero-order chi connectivity index (χ0) is 25.4. The number of amides is 1. The van der Waals surface area contributed by atoms with Gasteiger partial charge in [0, 0.05) is 39.2 Å². The minimum absolute atomic E-state index is 0.140. The van der Waals surface area contributed by atoms with Crippen molar-refractivity contribution in [3.05, 3.63) is 109 Å². The Hall–Kier alpha value is -3.62. The molecule has 2 aromatic carbocycles. The number of benzodiazepines with no additional fused rings is 1. The Morgan fingerprint density at radius 1 is 1.11 bits per heavy atom. The molecular weight excluding hydrogens is 546 g/mol. The van der Waals surface area contributed by atoms with Gasteiger partial charge in [0.05, 0.1) is 11.4 Å². The molecule has 5 rings (SSSR count). The molecular formula is C27H21BrClN3O4. The fraction of sp³-hybridized carbons (Fsp3) is 0.148. The molecule has 1 aliphatic carbocycles. The average molecular weight is 567 g/mol. The maximum absolute atomic E-state index is 13.3. The lowest BCUT2D eigenvalue weighted by atomic mass is 9.90. The van der Waals surface area contributed by atoms with E-state index in [4.69, 9.17) is 16.6 Å². The second-order valence-electron chi connectivity index (χ2n) is 8.58. The molecule has 1 unspecified atom stereocenters. The number of pyridine rings is 1. The molecule has 182 valence electrons. The van der Waals surface area contributed by atoms with E-state index < -0.39 is 17.5 Å². The summed E-state index contributed by atoms with van der Waals surface area (Å²) in [7, 11) is 0. The Morgan fingerprint density at radius 2 is 1.92 bits per heavy atom. The molecule has 36 heavy (non-hydrogen) atoms. The minimum Gasteiger partial charge on any atom is -0.492 e. The van der Waals surface area contributed by atoms with Gasteiger partial charge in [0.1, 0.15) is 6.04 Å². The molecule has 0 radical (unpaired) electrons. The molecule has 1 amide bonds. The van der Waals surface area contributed by atoms with Crippen molar-refractivity contribution in [3.8, 4) is 5.88 Å². The normalized spacial score (nSPS) is 17.3. The van der Waals surface area contributed by atoms with Crippen LogP contribution in [0, 0.1) is 0 Å². The van der Waals surface area contributed by atoms with E-state index in [0.717, 1.165) is 34.5 Å². The molecule has 1 atom stereocenters. The number of carbonyl (C=O) groups is 1. The van der Waals surface area contributed by atoms with Gasteiger partial charge >= 0.3 is 0 Å². The molecule has 1 aromatic heterocycles. The van der Waals surface area contributed by atoms with Crippen LogP contribution in [0.4, 0.5) is 5.69 Å². The number of hydrogen-bond donors (Lipinski definition) is 3. The molecule has 0 saturated heterocycles. The molecule has 3 N–H and O–H groups in total. The first kappa shape index (κ1) is 24.1. The van der Waals surface area contributed by atoms with E-state index >= 15 is 0 Å². The molecule has 2 aliphatic rings. The molecule has 3 aromatic rings. The first-order valence-corrected chi connectivity index (χ1v) is 12.5. The van der Waals surface area contributed by atoms with Crippen molar-refractivity contribution in [1.82, 2.24) is 4.73 Å². The number of carbonyl (C=O) groups excluding carboxylic acids is 1. The smallest absolute Gasteiger partial charge is 0.286 e. The third kappa shape index (κ3) is 4.74. The summed E-state index contributed by atoms with van der Waals surface area (Å²) in [6.07, 6.45) is 6.34. The minimum atomic E-state index is -0.829. The SMILES string of the molecule is O=C1Nc2ccc(Cl)cc2C(c2cc(O)n(O)c(=O)c2)=NC1Cc1ccccc1C1=CC(Br)=CCC1. The van der Waals surface area contributed by atoms with Gasteiger partial charge in [0.15, 0.2) is 0 Å². The lowest BCUT2D eigenvalue weighted by molar-refractivity contribution is -0.117. The highest BCUT2D eigenvalue weighted by Gasteiger charge is 2.28. The van der Waals surface area contributed by atoms with E-state index in [9.17, 15) is 19.9 Å². The van der Waals surface area contributed by atoms with Crippen LogP contribution < -0.4 is 10.9 Å². The van der Waals surface area contributed by atoms with Gasteiger partial charge in [-0.05, 0) is 53.8 Å². The van der Waals surface area contributed by atoms with Crippen molar-refractivity contribution in [2.24, 2.45) is 4.99 Å². The van der Waals surface area contributed by atoms with Gasteiger partial charge in [0.2, 0.25) is 11.8 Å². The summed E-state index contributed by atoms with van der Waals surface area (Å²) in [6.45, 7) is 0. The molecule has 1 aliphatic heterocycles. The number of benzene rings is 2. The Kier molecular flexibility index (Phi) is 6.55. The number of halogens is 2. The standard InChI is InChI=1S/C27H21BrClN3O4/c28-18-6-3-5-15(10-18)20-7-2-1-4-16(20)11-23-27(35)31-22-9-8-19(29)14-21(22)26(30-23)17-12-24(33)32(36)25(34)13-17/h1-2,4,6-10,12-14,23,33,36H,3,5,11H2,(H,31,35). The predicted molar refractivity (Wildman–Crippen MR) is 143 cm³/mol. The lowest BCUT2D eigenvalue weighted by Crippen LogP contribution is -2.28. The van der Waals surface area contributed by atoms with Crippen LogP contribution in [0.1, 0.15) is 35.1 Å².